The van der Waals surface area contributed by atoms with Crippen LogP contribution in [0.25, 0.3) is 0 Å². The van der Waals surface area contributed by atoms with Gasteiger partial charge in [-0.2, -0.15) is 0 Å². The van der Waals surface area contributed by atoms with Crippen LogP contribution >= 0.6 is 11.3 Å². The second-order valence-electron chi connectivity index (χ2n) is 3.62. The standard InChI is InChI=1S/C11H15N3S/c1-8-11(15-10(3)12-8)9(2)13-14-6-4-5-7-14/h4-7,9,13H,1-3H3. The first-order valence-electron chi connectivity index (χ1n) is 5.00. The number of aryl methyl sites for hydroxylation is 2. The minimum atomic E-state index is 0.295. The number of rotatable bonds is 3. The maximum absolute atomic E-state index is 4.43. The Hall–Kier alpha value is -1.29. The van der Waals surface area contributed by atoms with E-state index in [1.54, 1.807) is 11.3 Å². The molecule has 0 aliphatic heterocycles. The van der Waals surface area contributed by atoms with Gasteiger partial charge in [-0.15, -0.1) is 11.3 Å². The maximum Gasteiger partial charge on any atom is 0.0900 e. The number of nitrogens with one attached hydrogen (secondary N) is 1. The molecular formula is C11H15N3S. The van der Waals surface area contributed by atoms with Crippen molar-refractivity contribution in [1.29, 1.82) is 0 Å². The van der Waals surface area contributed by atoms with Crippen molar-refractivity contribution in [2.45, 2.75) is 26.8 Å². The Balaban J connectivity index is 2.14. The summed E-state index contributed by atoms with van der Waals surface area (Å²) in [6.07, 6.45) is 4.00. The Labute approximate surface area is 93.7 Å². The summed E-state index contributed by atoms with van der Waals surface area (Å²) in [6, 6.07) is 4.30. The molecule has 2 aromatic rings. The van der Waals surface area contributed by atoms with Gasteiger partial charge in [-0.3, -0.25) is 4.68 Å². The summed E-state index contributed by atoms with van der Waals surface area (Å²) >= 11 is 1.76. The van der Waals surface area contributed by atoms with Crippen LogP contribution in [0.1, 0.15) is 28.5 Å². The SMILES string of the molecule is Cc1nc(C)c(C(C)Nn2cccc2)s1. The Morgan fingerprint density at radius 2 is 2.00 bits per heavy atom. The summed E-state index contributed by atoms with van der Waals surface area (Å²) in [5.74, 6) is 0. The summed E-state index contributed by atoms with van der Waals surface area (Å²) in [5.41, 5.74) is 4.51. The highest BCUT2D eigenvalue weighted by Crippen LogP contribution is 2.24. The van der Waals surface area contributed by atoms with E-state index in [0.29, 0.717) is 6.04 Å². The average Bonchev–Trinajstić information content (AvgIpc) is 2.75. The largest absolute Gasteiger partial charge is 0.318 e. The molecule has 1 atom stereocenters. The molecule has 1 unspecified atom stereocenters. The van der Waals surface area contributed by atoms with Crippen LogP contribution in [0.5, 0.6) is 0 Å². The van der Waals surface area contributed by atoms with E-state index in [2.05, 4.69) is 24.3 Å². The predicted octanol–water partition coefficient (Wildman–Crippen LogP) is 2.87. The van der Waals surface area contributed by atoms with Crippen molar-refractivity contribution in [3.05, 3.63) is 40.1 Å². The highest BCUT2D eigenvalue weighted by atomic mass is 32.1. The van der Waals surface area contributed by atoms with Crippen LogP contribution in [-0.4, -0.2) is 9.66 Å². The molecule has 0 aromatic carbocycles. The molecule has 1 N–H and O–H groups in total. The minimum absolute atomic E-state index is 0.295. The Bertz CT molecular complexity index is 431. The van der Waals surface area contributed by atoms with E-state index in [9.17, 15) is 0 Å². The Kier molecular flexibility index (Phi) is 2.77. The first-order valence-corrected chi connectivity index (χ1v) is 5.82. The number of hydrogen-bond acceptors (Lipinski definition) is 3. The van der Waals surface area contributed by atoms with Gasteiger partial charge in [-0.25, -0.2) is 4.98 Å². The lowest BCUT2D eigenvalue weighted by Crippen LogP contribution is -2.16. The molecule has 15 heavy (non-hydrogen) atoms. The summed E-state index contributed by atoms with van der Waals surface area (Å²) in [4.78, 5) is 5.74. The Morgan fingerprint density at radius 3 is 2.53 bits per heavy atom. The van der Waals surface area contributed by atoms with Gasteiger partial charge in [0.15, 0.2) is 0 Å². The first-order chi connectivity index (χ1) is 7.16. The molecule has 0 fully saturated rings. The van der Waals surface area contributed by atoms with Gasteiger partial charge >= 0.3 is 0 Å². The molecule has 0 radical (unpaired) electrons. The third-order valence-corrected chi connectivity index (χ3v) is 3.54. The third kappa shape index (κ3) is 2.21. The Morgan fingerprint density at radius 1 is 1.33 bits per heavy atom. The number of nitrogens with zero attached hydrogens (tertiary/aromatic N) is 2. The van der Waals surface area contributed by atoms with Gasteiger partial charge in [0.1, 0.15) is 0 Å². The second-order valence-corrected chi connectivity index (χ2v) is 4.86. The molecule has 0 bridgehead atoms. The van der Waals surface area contributed by atoms with Crippen molar-refractivity contribution < 1.29 is 0 Å². The molecule has 3 nitrogen and oxygen atoms in total. The summed E-state index contributed by atoms with van der Waals surface area (Å²) in [5, 5.41) is 1.13. The van der Waals surface area contributed by atoms with Gasteiger partial charge in [0.05, 0.1) is 21.6 Å². The molecule has 0 aliphatic carbocycles. The fourth-order valence-electron chi connectivity index (χ4n) is 1.65. The molecule has 2 aromatic heterocycles. The van der Waals surface area contributed by atoms with Crippen LogP contribution < -0.4 is 5.43 Å². The van der Waals surface area contributed by atoms with Gasteiger partial charge < -0.3 is 5.43 Å². The fourth-order valence-corrected chi connectivity index (χ4v) is 2.58. The van der Waals surface area contributed by atoms with E-state index in [4.69, 9.17) is 0 Å². The zero-order valence-corrected chi connectivity index (χ0v) is 10.0. The molecule has 2 heterocycles. The minimum Gasteiger partial charge on any atom is -0.318 e. The van der Waals surface area contributed by atoms with E-state index in [0.717, 1.165) is 10.7 Å². The van der Waals surface area contributed by atoms with E-state index in [1.165, 1.54) is 4.88 Å². The molecule has 0 saturated carbocycles. The van der Waals surface area contributed by atoms with Crippen molar-refractivity contribution in [2.24, 2.45) is 0 Å². The van der Waals surface area contributed by atoms with Gasteiger partial charge in [-0.05, 0) is 32.9 Å². The molecule has 0 spiro atoms. The van der Waals surface area contributed by atoms with Crippen LogP contribution in [0.2, 0.25) is 0 Å². The molecule has 4 heteroatoms. The molecular weight excluding hydrogens is 206 g/mol. The topological polar surface area (TPSA) is 29.9 Å². The van der Waals surface area contributed by atoms with Crippen LogP contribution in [0.15, 0.2) is 24.5 Å². The monoisotopic (exact) mass is 221 g/mol. The van der Waals surface area contributed by atoms with E-state index >= 15 is 0 Å². The highest BCUT2D eigenvalue weighted by Gasteiger charge is 2.12. The summed E-state index contributed by atoms with van der Waals surface area (Å²) < 4.78 is 1.97. The first kappa shape index (κ1) is 10.2. The quantitative estimate of drug-likeness (QED) is 0.863. The molecule has 0 saturated heterocycles. The van der Waals surface area contributed by atoms with Crippen LogP contribution in [0.3, 0.4) is 0 Å². The lowest BCUT2D eigenvalue weighted by atomic mass is 10.2. The van der Waals surface area contributed by atoms with Crippen LogP contribution in [0, 0.1) is 13.8 Å². The van der Waals surface area contributed by atoms with Crippen molar-refractivity contribution in [2.75, 3.05) is 5.43 Å². The molecule has 0 amide bonds. The normalized spacial score (nSPS) is 12.7. The van der Waals surface area contributed by atoms with Crippen molar-refractivity contribution >= 4 is 11.3 Å². The third-order valence-electron chi connectivity index (χ3n) is 2.28. The summed E-state index contributed by atoms with van der Waals surface area (Å²) in [7, 11) is 0. The van der Waals surface area contributed by atoms with E-state index < -0.39 is 0 Å². The average molecular weight is 221 g/mol. The zero-order valence-electron chi connectivity index (χ0n) is 9.19. The lowest BCUT2D eigenvalue weighted by Gasteiger charge is -2.14. The molecule has 80 valence electrons. The van der Waals surface area contributed by atoms with Gasteiger partial charge in [0, 0.05) is 12.4 Å². The van der Waals surface area contributed by atoms with Crippen molar-refractivity contribution in [1.82, 2.24) is 9.66 Å². The van der Waals surface area contributed by atoms with Crippen LogP contribution in [0.4, 0.5) is 0 Å². The smallest absolute Gasteiger partial charge is 0.0900 e. The second kappa shape index (κ2) is 4.06. The van der Waals surface area contributed by atoms with Gasteiger partial charge in [0.2, 0.25) is 0 Å². The van der Waals surface area contributed by atoms with Crippen molar-refractivity contribution in [3.63, 3.8) is 0 Å². The van der Waals surface area contributed by atoms with E-state index in [-0.39, 0.29) is 0 Å². The zero-order chi connectivity index (χ0) is 10.8. The van der Waals surface area contributed by atoms with Gasteiger partial charge in [0.25, 0.3) is 0 Å². The summed E-state index contributed by atoms with van der Waals surface area (Å²) in [6.45, 7) is 6.26. The number of aromatic nitrogens is 2. The van der Waals surface area contributed by atoms with Crippen LogP contribution in [-0.2, 0) is 0 Å². The van der Waals surface area contributed by atoms with Gasteiger partial charge in [-0.1, -0.05) is 0 Å². The number of hydrogen-bond donors (Lipinski definition) is 1. The predicted molar refractivity (Wildman–Crippen MR) is 63.8 cm³/mol. The number of thiazole rings is 1. The highest BCUT2D eigenvalue weighted by molar-refractivity contribution is 7.11. The maximum atomic E-state index is 4.43. The molecule has 0 aliphatic rings. The fraction of sp³-hybridized carbons (Fsp3) is 0.364. The van der Waals surface area contributed by atoms with Crippen molar-refractivity contribution in [3.8, 4) is 0 Å². The van der Waals surface area contributed by atoms with E-state index in [1.807, 2.05) is 36.1 Å². The molecule has 2 rings (SSSR count). The lowest BCUT2D eigenvalue weighted by molar-refractivity contribution is 0.733.